The number of hydrogen-bond donors (Lipinski definition) is 0. The molecule has 270 valence electrons. The topological polar surface area (TPSA) is 17.3 Å². The highest BCUT2D eigenvalue weighted by atomic mass is 32.1. The fourth-order valence-corrected chi connectivity index (χ4v) is 9.95. The maximum Gasteiger partial charge on any atom is 0.156 e. The lowest BCUT2D eigenvalue weighted by Gasteiger charge is -2.12. The third kappa shape index (κ3) is 5.43. The lowest BCUT2D eigenvalue weighted by Crippen LogP contribution is -1.93. The van der Waals surface area contributed by atoms with E-state index in [4.69, 9.17) is 4.98 Å². The monoisotopic (exact) mass is 754 g/mol. The van der Waals surface area contributed by atoms with Gasteiger partial charge < -0.3 is 0 Å². The van der Waals surface area contributed by atoms with Crippen molar-refractivity contribution in [2.45, 2.75) is 0 Å². The molecule has 0 bridgehead atoms. The number of hydrogen-bond acceptors (Lipinski definition) is 2. The van der Waals surface area contributed by atoms with Crippen LogP contribution in [0.1, 0.15) is 0 Å². The molecule has 0 N–H and O–H groups in total. The Kier molecular flexibility index (Phi) is 7.44. The normalized spacial score (nSPS) is 11.8. The molecule has 58 heavy (non-hydrogen) atoms. The van der Waals surface area contributed by atoms with Crippen LogP contribution >= 0.6 is 11.3 Å². The van der Waals surface area contributed by atoms with Gasteiger partial charge in [-0.2, -0.15) is 0 Å². The van der Waals surface area contributed by atoms with Gasteiger partial charge in [-0.15, -0.1) is 11.3 Å². The SMILES string of the molecule is c1ccc(-c2cc(-c3ccccc3)cc(-c3ccc(-c4ccc(-c5cc6c7cc8ccccc8cc7sc6c6nc7cc8ccccc8cc7n56)cc4)cc3)c2)cc1. The Hall–Kier alpha value is -7.33. The average molecular weight is 755 g/mol. The van der Waals surface area contributed by atoms with Crippen LogP contribution in [0, 0.1) is 0 Å². The van der Waals surface area contributed by atoms with E-state index < -0.39 is 0 Å². The van der Waals surface area contributed by atoms with Gasteiger partial charge in [0.25, 0.3) is 0 Å². The van der Waals surface area contributed by atoms with Crippen LogP contribution < -0.4 is 0 Å². The van der Waals surface area contributed by atoms with Gasteiger partial charge in [0.05, 0.1) is 21.4 Å². The maximum atomic E-state index is 5.36. The zero-order valence-corrected chi connectivity index (χ0v) is 32.2. The summed E-state index contributed by atoms with van der Waals surface area (Å²) in [6.45, 7) is 0. The van der Waals surface area contributed by atoms with Crippen LogP contribution in [0.3, 0.4) is 0 Å². The number of pyridine rings is 1. The first-order valence-electron chi connectivity index (χ1n) is 19.8. The largest absolute Gasteiger partial charge is 0.291 e. The van der Waals surface area contributed by atoms with Crippen LogP contribution in [0.2, 0.25) is 0 Å². The summed E-state index contributed by atoms with van der Waals surface area (Å²) in [5, 5.41) is 7.47. The Bertz CT molecular complexity index is 3470. The Morgan fingerprint density at radius 3 is 1.36 bits per heavy atom. The minimum absolute atomic E-state index is 1.01. The smallest absolute Gasteiger partial charge is 0.156 e. The van der Waals surface area contributed by atoms with Gasteiger partial charge in [-0.3, -0.25) is 4.40 Å². The zero-order chi connectivity index (χ0) is 38.2. The van der Waals surface area contributed by atoms with Gasteiger partial charge in [-0.05, 0) is 120 Å². The molecule has 0 radical (unpaired) electrons. The van der Waals surface area contributed by atoms with Crippen molar-refractivity contribution in [3.63, 3.8) is 0 Å². The van der Waals surface area contributed by atoms with E-state index in [0.29, 0.717) is 0 Å². The molecule has 3 aromatic heterocycles. The van der Waals surface area contributed by atoms with Crippen LogP contribution in [0.5, 0.6) is 0 Å². The third-order valence-electron chi connectivity index (χ3n) is 11.7. The molecule has 0 atom stereocenters. The van der Waals surface area contributed by atoms with Crippen molar-refractivity contribution in [2.24, 2.45) is 0 Å². The van der Waals surface area contributed by atoms with Crippen LogP contribution in [0.25, 0.3) is 114 Å². The Morgan fingerprint density at radius 2 is 0.793 bits per heavy atom. The van der Waals surface area contributed by atoms with Gasteiger partial charge in [0.1, 0.15) is 0 Å². The van der Waals surface area contributed by atoms with Gasteiger partial charge in [0.15, 0.2) is 5.65 Å². The Labute approximate surface area is 339 Å². The van der Waals surface area contributed by atoms with E-state index in [1.165, 1.54) is 86.2 Å². The lowest BCUT2D eigenvalue weighted by atomic mass is 9.92. The van der Waals surface area contributed by atoms with E-state index in [9.17, 15) is 0 Å². The summed E-state index contributed by atoms with van der Waals surface area (Å²) in [5.74, 6) is 0. The average Bonchev–Trinajstić information content (AvgIpc) is 3.85. The second kappa shape index (κ2) is 13.1. The van der Waals surface area contributed by atoms with Crippen molar-refractivity contribution in [3.8, 4) is 55.8 Å². The maximum absolute atomic E-state index is 5.36. The molecule has 0 amide bonds. The summed E-state index contributed by atoms with van der Waals surface area (Å²) < 4.78 is 4.89. The molecule has 0 aliphatic heterocycles. The van der Waals surface area contributed by atoms with Gasteiger partial charge in [0, 0.05) is 15.5 Å². The molecule has 9 aromatic carbocycles. The van der Waals surface area contributed by atoms with Gasteiger partial charge in [0.2, 0.25) is 0 Å². The van der Waals surface area contributed by atoms with Crippen molar-refractivity contribution in [2.75, 3.05) is 0 Å². The van der Waals surface area contributed by atoms with Gasteiger partial charge in [-0.1, -0.05) is 158 Å². The molecule has 0 fully saturated rings. The fourth-order valence-electron chi connectivity index (χ4n) is 8.76. The number of thiophene rings is 1. The molecule has 0 unspecified atom stereocenters. The molecule has 0 spiro atoms. The van der Waals surface area contributed by atoms with Gasteiger partial charge in [-0.25, -0.2) is 4.98 Å². The predicted molar refractivity (Wildman–Crippen MR) is 248 cm³/mol. The van der Waals surface area contributed by atoms with E-state index in [1.54, 1.807) is 0 Å². The molecule has 2 nitrogen and oxygen atoms in total. The van der Waals surface area contributed by atoms with Crippen LogP contribution in [-0.2, 0) is 0 Å². The minimum Gasteiger partial charge on any atom is -0.291 e. The quantitative estimate of drug-likeness (QED) is 0.171. The van der Waals surface area contributed by atoms with E-state index in [2.05, 4.69) is 211 Å². The highest BCUT2D eigenvalue weighted by molar-refractivity contribution is 7.26. The van der Waals surface area contributed by atoms with E-state index in [0.717, 1.165) is 27.9 Å². The second-order valence-corrected chi connectivity index (χ2v) is 16.3. The summed E-state index contributed by atoms with van der Waals surface area (Å²) in [5.41, 5.74) is 15.1. The van der Waals surface area contributed by atoms with Crippen LogP contribution in [0.4, 0.5) is 0 Å². The standard InChI is InChI=1S/C55H34N2S/c1-3-11-35(12-4-1)45-27-46(36-13-5-2-6-14-36)29-47(28-45)39-21-19-37(20-22-39)38-23-25-40(26-24-38)51-34-49-48-30-41-15-7-10-18-44(41)33-53(48)58-54(49)55-56-50-31-42-16-8-9-17-43(42)32-52(50)57(51)55/h1-34H. The summed E-state index contributed by atoms with van der Waals surface area (Å²) in [7, 11) is 0. The van der Waals surface area contributed by atoms with E-state index in [-0.39, 0.29) is 0 Å². The second-order valence-electron chi connectivity index (χ2n) is 15.2. The molecule has 0 aliphatic carbocycles. The van der Waals surface area contributed by atoms with Crippen molar-refractivity contribution < 1.29 is 0 Å². The third-order valence-corrected chi connectivity index (χ3v) is 12.9. The molecule has 12 aromatic rings. The lowest BCUT2D eigenvalue weighted by molar-refractivity contribution is 1.25. The molecular weight excluding hydrogens is 721 g/mol. The number of benzene rings is 9. The number of nitrogens with zero attached hydrogens (tertiary/aromatic N) is 2. The highest BCUT2D eigenvalue weighted by Crippen LogP contribution is 2.43. The van der Waals surface area contributed by atoms with Gasteiger partial charge >= 0.3 is 0 Å². The zero-order valence-electron chi connectivity index (χ0n) is 31.4. The van der Waals surface area contributed by atoms with E-state index in [1.807, 2.05) is 11.3 Å². The molecule has 3 heterocycles. The Morgan fingerprint density at radius 1 is 0.345 bits per heavy atom. The van der Waals surface area contributed by atoms with Crippen molar-refractivity contribution >= 4 is 69.7 Å². The summed E-state index contributed by atoms with van der Waals surface area (Å²) in [6, 6.07) is 75.2. The Balaban J connectivity index is 0.969. The van der Waals surface area contributed by atoms with Crippen LogP contribution in [-0.4, -0.2) is 9.38 Å². The predicted octanol–water partition coefficient (Wildman–Crippen LogP) is 15.5. The minimum atomic E-state index is 1.01. The molecule has 0 saturated heterocycles. The molecule has 0 aliphatic rings. The van der Waals surface area contributed by atoms with Crippen LogP contribution in [0.15, 0.2) is 206 Å². The van der Waals surface area contributed by atoms with Crippen molar-refractivity contribution in [1.82, 2.24) is 9.38 Å². The van der Waals surface area contributed by atoms with Crippen molar-refractivity contribution in [1.29, 1.82) is 0 Å². The fraction of sp³-hybridized carbons (Fsp3) is 0. The first kappa shape index (κ1) is 32.9. The highest BCUT2D eigenvalue weighted by Gasteiger charge is 2.19. The summed E-state index contributed by atoms with van der Waals surface area (Å²) >= 11 is 1.84. The number of fused-ring (bicyclic) bond motifs is 9. The van der Waals surface area contributed by atoms with Crippen molar-refractivity contribution in [3.05, 3.63) is 206 Å². The number of aromatic nitrogens is 2. The first-order chi connectivity index (χ1) is 28.7. The number of rotatable bonds is 5. The molecule has 3 heteroatoms. The molecular formula is C55H34N2S. The first-order valence-corrected chi connectivity index (χ1v) is 20.6. The summed E-state index contributed by atoms with van der Waals surface area (Å²) in [4.78, 5) is 5.36. The number of imidazole rings is 1. The summed E-state index contributed by atoms with van der Waals surface area (Å²) in [6.07, 6.45) is 0. The van der Waals surface area contributed by atoms with E-state index >= 15 is 0 Å². The molecule has 12 rings (SSSR count). The molecule has 0 saturated carbocycles.